The third kappa shape index (κ3) is 10.1. The van der Waals surface area contributed by atoms with Gasteiger partial charge in [0, 0.05) is 19.5 Å². The molecule has 2 aliphatic rings. The predicted octanol–water partition coefficient (Wildman–Crippen LogP) is 12.7. The first kappa shape index (κ1) is 56.0. The summed E-state index contributed by atoms with van der Waals surface area (Å²) in [7, 11) is 0. The van der Waals surface area contributed by atoms with Gasteiger partial charge in [0.1, 0.15) is 0 Å². The van der Waals surface area contributed by atoms with Gasteiger partial charge in [-0.3, -0.25) is 0 Å². The van der Waals surface area contributed by atoms with E-state index in [1.807, 2.05) is 45.3 Å². The maximum atomic E-state index is 2.51. The summed E-state index contributed by atoms with van der Waals surface area (Å²) in [5.74, 6) is 0. The van der Waals surface area contributed by atoms with Gasteiger partial charge in [0.25, 0.3) is 0 Å². The van der Waals surface area contributed by atoms with Crippen LogP contribution in [0.15, 0.2) is 191 Å². The lowest BCUT2D eigenvalue weighted by molar-refractivity contribution is 1.35. The van der Waals surface area contributed by atoms with Gasteiger partial charge in [0.15, 0.2) is 0 Å². The van der Waals surface area contributed by atoms with E-state index < -0.39 is 0 Å². The smallest absolute Gasteiger partial charge is 0.144 e. The third-order valence-corrected chi connectivity index (χ3v) is 21.8. The van der Waals surface area contributed by atoms with Crippen LogP contribution in [0.1, 0.15) is 66.8 Å². The van der Waals surface area contributed by atoms with Gasteiger partial charge in [-0.15, -0.1) is 45.3 Å². The maximum absolute atomic E-state index is 2.51. The van der Waals surface area contributed by atoms with Crippen molar-refractivity contribution in [2.45, 2.75) is 83.1 Å². The molecule has 0 fully saturated rings. The Bertz CT molecular complexity index is 3800. The maximum Gasteiger partial charge on any atom is 0.240 e. The van der Waals surface area contributed by atoms with Crippen LogP contribution in [0.4, 0.5) is 0 Å². The van der Waals surface area contributed by atoms with Crippen molar-refractivity contribution in [3.05, 3.63) is 258 Å². The summed E-state index contributed by atoms with van der Waals surface area (Å²) in [6, 6.07) is 65.8. The normalized spacial score (nSPS) is 12.4. The van der Waals surface area contributed by atoms with Gasteiger partial charge in [-0.1, -0.05) is 278 Å². The third-order valence-electron chi connectivity index (χ3n) is 18.2. The molecule has 4 aromatic heterocycles. The highest BCUT2D eigenvalue weighted by atomic mass is 32.1. The summed E-state index contributed by atoms with van der Waals surface area (Å²) in [5, 5.41) is 8.74. The molecule has 0 radical (unpaired) electrons. The molecule has 408 valence electrons. The topological polar surface area (TPSA) is 0 Å². The molecule has 0 atom stereocenters. The average Bonchev–Trinajstić information content (AvgIpc) is 0.877. The Kier molecular flexibility index (Phi) is 15.1. The quantitative estimate of drug-likeness (QED) is 0.133. The standard InChI is InChI=1S/2C38H34B2S2/c2*1-23-17-25(3)37(26(4)18-23)39-31-13-11-30(36-10-8-16-42-36)22-34(31)40(38-27(5)19-24(2)20-28(38)6)32-14-12-29(21-33(32)39)35-9-7-15-41-35/h2*7-22H,1-6H3. The first-order chi connectivity index (χ1) is 40.6. The van der Waals surface area contributed by atoms with Gasteiger partial charge in [-0.25, -0.2) is 0 Å². The zero-order chi connectivity index (χ0) is 58.2. The fraction of sp³-hybridized carbons (Fsp3) is 0.158. The molecule has 84 heavy (non-hydrogen) atoms. The van der Waals surface area contributed by atoms with E-state index >= 15 is 0 Å². The Morgan fingerprint density at radius 3 is 0.571 bits per heavy atom. The van der Waals surface area contributed by atoms with E-state index in [-0.39, 0.29) is 26.9 Å². The molecule has 0 N–H and O–H groups in total. The second-order valence-corrected chi connectivity index (χ2v) is 28.1. The lowest BCUT2D eigenvalue weighted by Gasteiger charge is -2.35. The SMILES string of the molecule is Cc1cc(C)c(B2c3ccc(-c4cccs4)cc3B(c3c(C)cc(C)cc3C)c3ccc(-c4cccs4)cc32)c(C)c1.Cc1cc(C)c(B2c3ccc(-c4cccs4)cc3B(c3c(C)cc(C)cc3C)c3ccc(-c4cccs4)cc32)c(C)c1. The zero-order valence-electron chi connectivity index (χ0n) is 50.4. The van der Waals surface area contributed by atoms with E-state index in [1.54, 1.807) is 0 Å². The summed E-state index contributed by atoms with van der Waals surface area (Å²) < 4.78 is 0. The lowest BCUT2D eigenvalue weighted by Crippen LogP contribution is -2.76. The monoisotopic (exact) mass is 1150 g/mol. The minimum Gasteiger partial charge on any atom is -0.144 e. The number of fused-ring (bicyclic) bond motifs is 4. The van der Waals surface area contributed by atoms with E-state index in [1.165, 1.54) is 174 Å². The Morgan fingerprint density at radius 2 is 0.405 bits per heavy atom. The highest BCUT2D eigenvalue weighted by Gasteiger charge is 2.43. The van der Waals surface area contributed by atoms with Crippen LogP contribution in [0.3, 0.4) is 0 Å². The van der Waals surface area contributed by atoms with Gasteiger partial charge in [-0.05, 0) is 151 Å². The molecule has 0 saturated heterocycles. The summed E-state index contributed by atoms with van der Waals surface area (Å²) in [4.78, 5) is 5.30. The number of thiophene rings is 4. The molecule has 0 nitrogen and oxygen atoms in total. The molecular weight excluding hydrogens is 1080 g/mol. The average molecular weight is 1150 g/mol. The summed E-state index contributed by atoms with van der Waals surface area (Å²) >= 11 is 7.29. The molecular formula is C76H68B4S4. The second kappa shape index (κ2) is 22.7. The molecule has 0 spiro atoms. The largest absolute Gasteiger partial charge is 0.240 e. The van der Waals surface area contributed by atoms with E-state index in [9.17, 15) is 0 Å². The van der Waals surface area contributed by atoms with E-state index in [0.717, 1.165) is 0 Å². The fourth-order valence-electron chi connectivity index (χ4n) is 15.2. The van der Waals surface area contributed by atoms with Crippen LogP contribution >= 0.6 is 45.3 Å². The molecule has 2 aliphatic heterocycles. The predicted molar refractivity (Wildman–Crippen MR) is 380 cm³/mol. The number of hydrogen-bond acceptors (Lipinski definition) is 4. The van der Waals surface area contributed by atoms with Crippen molar-refractivity contribution in [3.63, 3.8) is 0 Å². The Hall–Kier alpha value is -7.18. The Morgan fingerprint density at radius 1 is 0.214 bits per heavy atom. The van der Waals surface area contributed by atoms with Crippen molar-refractivity contribution < 1.29 is 0 Å². The Labute approximate surface area is 516 Å². The molecule has 6 heterocycles. The first-order valence-electron chi connectivity index (χ1n) is 29.6. The van der Waals surface area contributed by atoms with Gasteiger partial charge in [-0.2, -0.15) is 0 Å². The molecule has 14 rings (SSSR count). The Balaban J connectivity index is 0.000000157. The molecule has 8 aromatic carbocycles. The molecule has 0 saturated carbocycles. The highest BCUT2D eigenvalue weighted by Crippen LogP contribution is 2.29. The van der Waals surface area contributed by atoms with Crippen LogP contribution in [0.25, 0.3) is 41.8 Å². The summed E-state index contributed by atoms with van der Waals surface area (Å²) in [6.45, 7) is 28.0. The molecule has 0 unspecified atom stereocenters. The van der Waals surface area contributed by atoms with Gasteiger partial charge in [0.05, 0.1) is 0 Å². The molecule has 0 aliphatic carbocycles. The highest BCUT2D eigenvalue weighted by molar-refractivity contribution is 7.16. The second-order valence-electron chi connectivity index (χ2n) is 24.3. The van der Waals surface area contributed by atoms with Crippen LogP contribution < -0.4 is 65.6 Å². The van der Waals surface area contributed by atoms with Crippen molar-refractivity contribution in [3.8, 4) is 41.8 Å². The minimum absolute atomic E-state index is 0.176. The molecule has 8 heteroatoms. The summed E-state index contributed by atoms with van der Waals surface area (Å²) in [5.41, 5.74) is 38.9. The van der Waals surface area contributed by atoms with E-state index in [4.69, 9.17) is 0 Å². The van der Waals surface area contributed by atoms with Crippen LogP contribution in [0, 0.1) is 83.1 Å². The van der Waals surface area contributed by atoms with Crippen molar-refractivity contribution in [1.29, 1.82) is 0 Å². The molecule has 0 bridgehead atoms. The van der Waals surface area contributed by atoms with Gasteiger partial charge >= 0.3 is 0 Å². The van der Waals surface area contributed by atoms with Crippen molar-refractivity contribution >= 4 is 138 Å². The molecule has 12 aromatic rings. The van der Waals surface area contributed by atoms with Gasteiger partial charge in [0.2, 0.25) is 26.9 Å². The van der Waals surface area contributed by atoms with Crippen LogP contribution in [0.5, 0.6) is 0 Å². The van der Waals surface area contributed by atoms with E-state index in [0.29, 0.717) is 0 Å². The number of rotatable bonds is 8. The number of hydrogen-bond donors (Lipinski definition) is 0. The lowest BCUT2D eigenvalue weighted by atomic mass is 9.20. The van der Waals surface area contributed by atoms with Crippen LogP contribution in [-0.4, -0.2) is 26.9 Å². The number of benzene rings is 8. The van der Waals surface area contributed by atoms with Crippen LogP contribution in [-0.2, 0) is 0 Å². The van der Waals surface area contributed by atoms with Crippen LogP contribution in [0.2, 0.25) is 0 Å². The molecule has 0 amide bonds. The van der Waals surface area contributed by atoms with Gasteiger partial charge < -0.3 is 0 Å². The first-order valence-corrected chi connectivity index (χ1v) is 33.1. The van der Waals surface area contributed by atoms with Crippen molar-refractivity contribution in [2.24, 2.45) is 0 Å². The fourth-order valence-corrected chi connectivity index (χ4v) is 18.1. The van der Waals surface area contributed by atoms with E-state index in [2.05, 4.69) is 274 Å². The minimum atomic E-state index is 0.176. The van der Waals surface area contributed by atoms with Crippen molar-refractivity contribution in [1.82, 2.24) is 0 Å². The van der Waals surface area contributed by atoms with Crippen molar-refractivity contribution in [2.75, 3.05) is 0 Å². The summed E-state index contributed by atoms with van der Waals surface area (Å²) in [6.07, 6.45) is 0. The zero-order valence-corrected chi connectivity index (χ0v) is 53.7. The number of aryl methyl sites for hydroxylation is 12.